The van der Waals surface area contributed by atoms with E-state index in [1.807, 2.05) is 41.5 Å². The van der Waals surface area contributed by atoms with E-state index in [1.54, 1.807) is 9.80 Å². The van der Waals surface area contributed by atoms with Crippen LogP contribution in [-0.2, 0) is 14.2 Å². The number of hydrogen-bond donors (Lipinski definition) is 1. The SMILES string of the molecule is CC(C)(C)OC(=O)N1C[C@H]2CC(O)C[C@H]2C1.CC(C)(C)OC(=O)N1C[C@H]2CC(OC(=O)c3ccc([N+](=O)[O-])cc3)C[C@H]2C1. The van der Waals surface area contributed by atoms with Crippen LogP contribution in [0.2, 0.25) is 0 Å². The number of carbonyl (C=O) groups is 3. The van der Waals surface area contributed by atoms with Gasteiger partial charge in [0.25, 0.3) is 5.69 Å². The van der Waals surface area contributed by atoms with Gasteiger partial charge in [-0.1, -0.05) is 0 Å². The Morgan fingerprint density at radius 3 is 1.53 bits per heavy atom. The van der Waals surface area contributed by atoms with Crippen LogP contribution in [0.15, 0.2) is 24.3 Å². The van der Waals surface area contributed by atoms with Gasteiger partial charge in [0.1, 0.15) is 17.3 Å². The number of nitro groups is 1. The maximum Gasteiger partial charge on any atom is 0.410 e. The fraction of sp³-hybridized carbons (Fsp3) is 0.710. The van der Waals surface area contributed by atoms with Crippen molar-refractivity contribution in [3.05, 3.63) is 39.9 Å². The smallest absolute Gasteiger partial charge is 0.410 e. The van der Waals surface area contributed by atoms with E-state index in [0.717, 1.165) is 25.9 Å². The number of amides is 2. The Morgan fingerprint density at radius 2 is 1.16 bits per heavy atom. The fourth-order valence-electron chi connectivity index (χ4n) is 6.50. The minimum absolute atomic E-state index is 0.0656. The summed E-state index contributed by atoms with van der Waals surface area (Å²) in [7, 11) is 0. The van der Waals surface area contributed by atoms with Gasteiger partial charge in [-0.15, -0.1) is 0 Å². The monoisotopic (exact) mass is 603 g/mol. The lowest BCUT2D eigenvalue weighted by atomic mass is 10.0. The maximum absolute atomic E-state index is 12.3. The summed E-state index contributed by atoms with van der Waals surface area (Å²) in [5.74, 6) is 1.07. The predicted octanol–water partition coefficient (Wildman–Crippen LogP) is 5.02. The first-order chi connectivity index (χ1) is 20.0. The summed E-state index contributed by atoms with van der Waals surface area (Å²) < 4.78 is 16.3. The van der Waals surface area contributed by atoms with Crippen molar-refractivity contribution in [3.63, 3.8) is 0 Å². The summed E-state index contributed by atoms with van der Waals surface area (Å²) in [6.45, 7) is 13.9. The summed E-state index contributed by atoms with van der Waals surface area (Å²) in [6, 6.07) is 5.39. The highest BCUT2D eigenvalue weighted by atomic mass is 16.6. The van der Waals surface area contributed by atoms with Crippen molar-refractivity contribution in [2.75, 3.05) is 26.2 Å². The molecule has 2 heterocycles. The van der Waals surface area contributed by atoms with Crippen molar-refractivity contribution in [2.24, 2.45) is 23.7 Å². The summed E-state index contributed by atoms with van der Waals surface area (Å²) >= 11 is 0. The Morgan fingerprint density at radius 1 is 0.767 bits per heavy atom. The third-order valence-corrected chi connectivity index (χ3v) is 8.32. The second-order valence-electron chi connectivity index (χ2n) is 14.2. The molecule has 0 bridgehead atoms. The van der Waals surface area contributed by atoms with Crippen molar-refractivity contribution in [1.29, 1.82) is 0 Å². The molecule has 5 rings (SSSR count). The van der Waals surface area contributed by atoms with Gasteiger partial charge in [-0.2, -0.15) is 0 Å². The van der Waals surface area contributed by atoms with Crippen molar-refractivity contribution >= 4 is 23.8 Å². The minimum atomic E-state index is -0.516. The fourth-order valence-corrected chi connectivity index (χ4v) is 6.50. The van der Waals surface area contributed by atoms with Crippen LogP contribution in [-0.4, -0.2) is 87.6 Å². The number of likely N-dealkylation sites (tertiary alicyclic amines) is 2. The molecular weight excluding hydrogens is 558 g/mol. The van der Waals surface area contributed by atoms with Crippen LogP contribution in [0.3, 0.4) is 0 Å². The zero-order valence-electron chi connectivity index (χ0n) is 26.0. The first-order valence-electron chi connectivity index (χ1n) is 15.1. The van der Waals surface area contributed by atoms with E-state index in [4.69, 9.17) is 14.2 Å². The lowest BCUT2D eigenvalue weighted by Gasteiger charge is -2.25. The Bertz CT molecular complexity index is 1160. The number of aliphatic hydroxyl groups excluding tert-OH is 1. The van der Waals surface area contributed by atoms with Crippen LogP contribution < -0.4 is 0 Å². The molecule has 12 nitrogen and oxygen atoms in total. The highest BCUT2D eigenvalue weighted by molar-refractivity contribution is 5.89. The number of nitro benzene ring substituents is 1. The number of fused-ring (bicyclic) bond motifs is 2. The summed E-state index contributed by atoms with van der Waals surface area (Å²) in [6.07, 6.45) is 2.24. The molecule has 4 aliphatic rings. The van der Waals surface area contributed by atoms with Gasteiger partial charge in [0.15, 0.2) is 0 Å². The highest BCUT2D eigenvalue weighted by Gasteiger charge is 2.45. The second kappa shape index (κ2) is 12.7. The van der Waals surface area contributed by atoms with Crippen molar-refractivity contribution in [3.8, 4) is 0 Å². The van der Waals surface area contributed by atoms with E-state index < -0.39 is 22.1 Å². The molecule has 2 saturated heterocycles. The van der Waals surface area contributed by atoms with Gasteiger partial charge in [0.05, 0.1) is 16.6 Å². The summed E-state index contributed by atoms with van der Waals surface area (Å²) in [5, 5.41) is 20.2. The van der Waals surface area contributed by atoms with E-state index >= 15 is 0 Å². The Hall–Kier alpha value is -3.41. The van der Waals surface area contributed by atoms with Crippen LogP contribution in [0.4, 0.5) is 15.3 Å². The number of esters is 1. The number of nitrogens with zero attached hydrogens (tertiary/aromatic N) is 3. The number of benzene rings is 1. The van der Waals surface area contributed by atoms with Crippen molar-refractivity contribution in [1.82, 2.24) is 9.80 Å². The van der Waals surface area contributed by atoms with Crippen LogP contribution in [0.5, 0.6) is 0 Å². The van der Waals surface area contributed by atoms with Gasteiger partial charge in [0, 0.05) is 38.3 Å². The van der Waals surface area contributed by atoms with Gasteiger partial charge in [-0.05, 0) is 103 Å². The molecular formula is C31H45N3O9. The standard InChI is InChI=1S/C19H24N2O6.C12H21NO3/c1-19(2,3)27-18(23)20-10-13-8-16(9-14(13)11-20)26-17(22)12-4-6-15(7-5-12)21(24)25;1-12(2,3)16-11(15)13-6-8-4-10(14)5-9(8)7-13/h4-7,13-14,16H,8-11H2,1-3H3;8-10,14H,4-7H2,1-3H3/t13-,14+,16?;8-,9+,10?. The maximum atomic E-state index is 12.3. The molecule has 2 aliphatic heterocycles. The van der Waals surface area contributed by atoms with Crippen LogP contribution in [0, 0.1) is 33.8 Å². The van der Waals surface area contributed by atoms with Gasteiger partial charge in [-0.25, -0.2) is 14.4 Å². The van der Waals surface area contributed by atoms with Gasteiger partial charge in [0.2, 0.25) is 0 Å². The molecule has 238 valence electrons. The normalized spacial score (nSPS) is 28.0. The first kappa shape index (κ1) is 32.5. The molecule has 2 saturated carbocycles. The zero-order chi connectivity index (χ0) is 31.7. The Labute approximate surface area is 252 Å². The Kier molecular flexibility index (Phi) is 9.58. The largest absolute Gasteiger partial charge is 0.459 e. The van der Waals surface area contributed by atoms with Crippen LogP contribution >= 0.6 is 0 Å². The zero-order valence-corrected chi connectivity index (χ0v) is 26.0. The third-order valence-electron chi connectivity index (χ3n) is 8.32. The summed E-state index contributed by atoms with van der Waals surface area (Å²) in [4.78, 5) is 49.9. The molecule has 2 unspecified atom stereocenters. The first-order valence-corrected chi connectivity index (χ1v) is 15.1. The van der Waals surface area contributed by atoms with Gasteiger partial charge in [-0.3, -0.25) is 10.1 Å². The molecule has 43 heavy (non-hydrogen) atoms. The van der Waals surface area contributed by atoms with Crippen LogP contribution in [0.1, 0.15) is 77.6 Å². The Balaban J connectivity index is 0.000000225. The molecule has 6 atom stereocenters. The average molecular weight is 604 g/mol. The molecule has 1 N–H and O–H groups in total. The predicted molar refractivity (Wildman–Crippen MR) is 156 cm³/mol. The molecule has 2 aliphatic carbocycles. The van der Waals surface area contributed by atoms with Crippen molar-refractivity contribution < 1.29 is 38.6 Å². The quantitative estimate of drug-likeness (QED) is 0.217. The van der Waals surface area contributed by atoms with E-state index in [-0.39, 0.29) is 30.1 Å². The number of ether oxygens (including phenoxy) is 3. The molecule has 1 aromatic carbocycles. The van der Waals surface area contributed by atoms with Gasteiger partial charge >= 0.3 is 18.2 Å². The van der Waals surface area contributed by atoms with Crippen molar-refractivity contribution in [2.45, 2.75) is 90.6 Å². The third kappa shape index (κ3) is 8.81. The van der Waals surface area contributed by atoms with Gasteiger partial charge < -0.3 is 29.1 Å². The van der Waals surface area contributed by atoms with E-state index in [2.05, 4.69) is 0 Å². The topological polar surface area (TPSA) is 149 Å². The molecule has 0 spiro atoms. The van der Waals surface area contributed by atoms with E-state index in [1.165, 1.54) is 24.3 Å². The number of non-ortho nitro benzene ring substituents is 1. The number of aliphatic hydroxyl groups is 1. The van der Waals surface area contributed by atoms with E-state index in [0.29, 0.717) is 55.2 Å². The number of rotatable bonds is 3. The molecule has 2 amide bonds. The molecule has 12 heteroatoms. The molecule has 1 aromatic rings. The lowest BCUT2D eigenvalue weighted by Crippen LogP contribution is -2.36. The number of hydrogen-bond acceptors (Lipinski definition) is 9. The van der Waals surface area contributed by atoms with E-state index in [9.17, 15) is 29.6 Å². The minimum Gasteiger partial charge on any atom is -0.459 e. The number of carbonyl (C=O) groups excluding carboxylic acids is 3. The molecule has 4 fully saturated rings. The second-order valence-corrected chi connectivity index (χ2v) is 14.2. The average Bonchev–Trinajstić information content (AvgIpc) is 3.62. The van der Waals surface area contributed by atoms with Crippen LogP contribution in [0.25, 0.3) is 0 Å². The molecule has 0 radical (unpaired) electrons. The summed E-state index contributed by atoms with van der Waals surface area (Å²) in [5.41, 5.74) is -0.705. The lowest BCUT2D eigenvalue weighted by molar-refractivity contribution is -0.384. The highest BCUT2D eigenvalue weighted by Crippen LogP contribution is 2.40. The molecule has 0 aromatic heterocycles.